The van der Waals surface area contributed by atoms with E-state index in [0.29, 0.717) is 0 Å². The number of nitrogens with two attached hydrogens (primary N) is 2. The van der Waals surface area contributed by atoms with Gasteiger partial charge in [-0.05, 0) is 146 Å². The normalized spacial score (nSPS) is 13.7. The van der Waals surface area contributed by atoms with Crippen LogP contribution < -0.4 is 21.3 Å². The van der Waals surface area contributed by atoms with Crippen LogP contribution in [0.4, 0.5) is 34.1 Å². The third-order valence-corrected chi connectivity index (χ3v) is 13.9. The molecule has 0 radical (unpaired) electrons. The Morgan fingerprint density at radius 2 is 0.738 bits per heavy atom. The molecule has 2 atom stereocenters. The molecule has 6 aromatic carbocycles. The van der Waals surface area contributed by atoms with Crippen LogP contribution in [-0.2, 0) is 5.41 Å². The minimum atomic E-state index is -0.622. The maximum absolute atomic E-state index is 7.86. The molecule has 6 heteroatoms. The van der Waals surface area contributed by atoms with Crippen LogP contribution in [0.3, 0.4) is 0 Å². The molecule has 0 saturated carbocycles. The van der Waals surface area contributed by atoms with Gasteiger partial charge in [0.05, 0.1) is 5.41 Å². The summed E-state index contributed by atoms with van der Waals surface area (Å²) in [4.78, 5) is 4.76. The molecule has 61 heavy (non-hydrogen) atoms. The number of hydrogen-bond acceptors (Lipinski definition) is 4. The minimum Gasteiger partial charge on any atom is -0.327 e. The number of nitrogens with zero attached hydrogens (tertiary/aromatic N) is 2. The summed E-state index contributed by atoms with van der Waals surface area (Å²) < 4.78 is 2.11. The second-order valence-electron chi connectivity index (χ2n) is 17.2. The van der Waals surface area contributed by atoms with Crippen molar-refractivity contribution in [3.05, 3.63) is 165 Å². The molecule has 0 spiro atoms. The second kappa shape index (κ2) is 20.8. The minimum absolute atomic E-state index is 0.189. The van der Waals surface area contributed by atoms with E-state index in [1.807, 2.05) is 0 Å². The van der Waals surface area contributed by atoms with Crippen molar-refractivity contribution in [2.45, 2.75) is 122 Å². The highest BCUT2D eigenvalue weighted by Gasteiger charge is 2.51. The average Bonchev–Trinajstić information content (AvgIpc) is 3.56. The molecule has 0 aliphatic heterocycles. The lowest BCUT2D eigenvalue weighted by Gasteiger charge is -2.43. The molecule has 0 fully saturated rings. The molecule has 7 rings (SSSR count). The Balaban J connectivity index is 1.45. The monoisotopic (exact) mass is 938 g/mol. The fourth-order valence-electron chi connectivity index (χ4n) is 9.57. The van der Waals surface area contributed by atoms with E-state index in [1.165, 1.54) is 84.7 Å². The van der Waals surface area contributed by atoms with Crippen LogP contribution in [0.15, 0.2) is 142 Å². The van der Waals surface area contributed by atoms with E-state index in [1.54, 1.807) is 0 Å². The Morgan fingerprint density at radius 3 is 1.08 bits per heavy atom. The largest absolute Gasteiger partial charge is 0.327 e. The van der Waals surface area contributed by atoms with E-state index in [9.17, 15) is 0 Å². The van der Waals surface area contributed by atoms with E-state index >= 15 is 0 Å². The first-order chi connectivity index (χ1) is 29.6. The van der Waals surface area contributed by atoms with Gasteiger partial charge in [-0.15, -0.1) is 0 Å². The van der Waals surface area contributed by atoms with Gasteiger partial charge in [-0.1, -0.05) is 157 Å². The molecule has 1 aliphatic carbocycles. The van der Waals surface area contributed by atoms with Crippen molar-refractivity contribution in [1.29, 1.82) is 0 Å². The van der Waals surface area contributed by atoms with Crippen LogP contribution in [0.25, 0.3) is 11.1 Å². The molecule has 318 valence electrons. The number of rotatable bonds is 20. The SMILES string of the molecule is CCCCCCCC(N)C1(C(N)CCCCCCC)c2cc(N(c3ccc(C)cc3)c3ccc(Br)cc3)ccc2-c2ccc(N(c3ccc(C)cc3)c3ccc(Br)cc3)cc21. The summed E-state index contributed by atoms with van der Waals surface area (Å²) in [6.45, 7) is 8.86. The average molecular weight is 941 g/mol. The van der Waals surface area contributed by atoms with Gasteiger partial charge in [0.15, 0.2) is 0 Å². The maximum Gasteiger partial charge on any atom is 0.0517 e. The molecule has 0 saturated heterocycles. The van der Waals surface area contributed by atoms with Gasteiger partial charge in [0.1, 0.15) is 0 Å². The van der Waals surface area contributed by atoms with E-state index in [2.05, 4.69) is 203 Å². The summed E-state index contributed by atoms with van der Waals surface area (Å²) in [5, 5.41) is 0. The van der Waals surface area contributed by atoms with Gasteiger partial charge < -0.3 is 21.3 Å². The quantitative estimate of drug-likeness (QED) is 0.0749. The zero-order valence-electron chi connectivity index (χ0n) is 36.6. The van der Waals surface area contributed by atoms with Crippen molar-refractivity contribution in [1.82, 2.24) is 0 Å². The Hall–Kier alpha value is -4.20. The van der Waals surface area contributed by atoms with Crippen molar-refractivity contribution in [2.75, 3.05) is 9.80 Å². The first kappa shape index (κ1) is 44.8. The van der Waals surface area contributed by atoms with E-state index in [-0.39, 0.29) is 12.1 Å². The molecule has 2 unspecified atom stereocenters. The molecular formula is C55H64Br2N4. The van der Waals surface area contributed by atoms with Gasteiger partial charge in [-0.25, -0.2) is 0 Å². The topological polar surface area (TPSA) is 58.5 Å². The van der Waals surface area contributed by atoms with Crippen molar-refractivity contribution < 1.29 is 0 Å². The van der Waals surface area contributed by atoms with E-state index in [4.69, 9.17) is 11.5 Å². The van der Waals surface area contributed by atoms with E-state index in [0.717, 1.165) is 68.8 Å². The fourth-order valence-corrected chi connectivity index (χ4v) is 10.1. The van der Waals surface area contributed by atoms with Crippen molar-refractivity contribution in [3.8, 4) is 11.1 Å². The van der Waals surface area contributed by atoms with Crippen LogP contribution in [0.5, 0.6) is 0 Å². The molecule has 0 amide bonds. The lowest BCUT2D eigenvalue weighted by molar-refractivity contribution is 0.303. The molecule has 0 aromatic heterocycles. The summed E-state index contributed by atoms with van der Waals surface area (Å²) in [6, 6.07) is 48.8. The number of anilines is 6. The summed E-state index contributed by atoms with van der Waals surface area (Å²) in [7, 11) is 0. The van der Waals surface area contributed by atoms with Gasteiger partial charge in [-0.2, -0.15) is 0 Å². The fraction of sp³-hybridized carbons (Fsp3) is 0.345. The highest BCUT2D eigenvalue weighted by Crippen LogP contribution is 2.56. The van der Waals surface area contributed by atoms with Crippen LogP contribution in [-0.4, -0.2) is 12.1 Å². The number of halogens is 2. The van der Waals surface area contributed by atoms with E-state index < -0.39 is 5.41 Å². The van der Waals surface area contributed by atoms with Gasteiger partial charge in [0, 0.05) is 55.2 Å². The smallest absolute Gasteiger partial charge is 0.0517 e. The van der Waals surface area contributed by atoms with Crippen LogP contribution in [0, 0.1) is 13.8 Å². The maximum atomic E-state index is 7.86. The summed E-state index contributed by atoms with van der Waals surface area (Å²) in [6.07, 6.45) is 13.8. The van der Waals surface area contributed by atoms with Crippen LogP contribution in [0.2, 0.25) is 0 Å². The lowest BCUT2D eigenvalue weighted by Crippen LogP contribution is -2.56. The van der Waals surface area contributed by atoms with Gasteiger partial charge in [0.2, 0.25) is 0 Å². The number of unbranched alkanes of at least 4 members (excludes halogenated alkanes) is 8. The first-order valence-electron chi connectivity index (χ1n) is 22.7. The molecule has 0 heterocycles. The molecular weight excluding hydrogens is 876 g/mol. The summed E-state index contributed by atoms with van der Waals surface area (Å²) >= 11 is 7.38. The molecule has 6 aromatic rings. The number of aryl methyl sites for hydroxylation is 2. The summed E-state index contributed by atoms with van der Waals surface area (Å²) in [5.41, 5.74) is 29.1. The lowest BCUT2D eigenvalue weighted by atomic mass is 9.64. The Morgan fingerprint density at radius 1 is 0.426 bits per heavy atom. The van der Waals surface area contributed by atoms with Crippen molar-refractivity contribution >= 4 is 66.0 Å². The predicted molar refractivity (Wildman–Crippen MR) is 270 cm³/mol. The highest BCUT2D eigenvalue weighted by atomic mass is 79.9. The number of fused-ring (bicyclic) bond motifs is 3. The standard InChI is InChI=1S/C55H64Br2N4/c1-5-7-9-11-13-15-53(58)55(54(59)16-14-12-10-8-6-2)51-37-47(60(43-25-17-39(3)18-26-43)45-29-21-41(56)22-30-45)33-35-49(51)50-36-34-48(38-52(50)55)61(44-27-19-40(4)20-28-44)46-31-23-42(57)24-32-46/h17-38,53-54H,5-16,58-59H2,1-4H3. The Bertz CT molecular complexity index is 2060. The zero-order valence-corrected chi connectivity index (χ0v) is 39.8. The third kappa shape index (κ3) is 9.89. The Kier molecular flexibility index (Phi) is 15.3. The summed E-state index contributed by atoms with van der Waals surface area (Å²) in [5.74, 6) is 0. The highest BCUT2D eigenvalue weighted by molar-refractivity contribution is 9.10. The number of hydrogen-bond donors (Lipinski definition) is 2. The zero-order chi connectivity index (χ0) is 42.9. The molecule has 1 aliphatic rings. The third-order valence-electron chi connectivity index (χ3n) is 12.9. The van der Waals surface area contributed by atoms with Gasteiger partial charge in [0.25, 0.3) is 0 Å². The molecule has 4 N–H and O–H groups in total. The second-order valence-corrected chi connectivity index (χ2v) is 19.1. The Labute approximate surface area is 383 Å². The van der Waals surface area contributed by atoms with Crippen molar-refractivity contribution in [3.63, 3.8) is 0 Å². The number of benzene rings is 6. The first-order valence-corrected chi connectivity index (χ1v) is 24.3. The predicted octanol–water partition coefficient (Wildman–Crippen LogP) is 16.4. The van der Waals surface area contributed by atoms with Gasteiger partial charge >= 0.3 is 0 Å². The van der Waals surface area contributed by atoms with Crippen molar-refractivity contribution in [2.24, 2.45) is 11.5 Å². The van der Waals surface area contributed by atoms with Crippen LogP contribution in [0.1, 0.15) is 113 Å². The van der Waals surface area contributed by atoms with Gasteiger partial charge in [-0.3, -0.25) is 0 Å². The van der Waals surface area contributed by atoms with Crippen LogP contribution >= 0.6 is 31.9 Å². The molecule has 4 nitrogen and oxygen atoms in total. The molecule has 0 bridgehead atoms.